The van der Waals surface area contributed by atoms with Crippen molar-refractivity contribution in [2.75, 3.05) is 20.8 Å². The van der Waals surface area contributed by atoms with Gasteiger partial charge in [0.25, 0.3) is 0 Å². The van der Waals surface area contributed by atoms with Crippen LogP contribution in [0.2, 0.25) is 5.02 Å². The van der Waals surface area contributed by atoms with E-state index in [-0.39, 0.29) is 6.54 Å². The molecule has 0 aliphatic heterocycles. The second-order valence-electron chi connectivity index (χ2n) is 6.61. The van der Waals surface area contributed by atoms with Crippen LogP contribution in [0, 0.1) is 0 Å². The van der Waals surface area contributed by atoms with Crippen LogP contribution in [0.4, 0.5) is 0 Å². The van der Waals surface area contributed by atoms with E-state index in [1.165, 1.54) is 6.21 Å². The van der Waals surface area contributed by atoms with Gasteiger partial charge in [-0.15, -0.1) is 0 Å². The van der Waals surface area contributed by atoms with E-state index in [1.807, 2.05) is 24.3 Å². The van der Waals surface area contributed by atoms with Crippen molar-refractivity contribution in [1.82, 2.24) is 10.7 Å². The summed E-state index contributed by atoms with van der Waals surface area (Å²) in [5.74, 6) is 0.563. The van der Waals surface area contributed by atoms with Crippen LogP contribution in [-0.2, 0) is 16.0 Å². The maximum Gasteiger partial charge on any atom is 0.329 e. The van der Waals surface area contributed by atoms with E-state index >= 15 is 0 Å². The van der Waals surface area contributed by atoms with Crippen LogP contribution in [0.25, 0.3) is 11.3 Å². The average Bonchev–Trinajstić information content (AvgIpc) is 3.27. The van der Waals surface area contributed by atoms with Crippen LogP contribution < -0.4 is 20.2 Å². The Morgan fingerprint density at radius 3 is 2.59 bits per heavy atom. The second kappa shape index (κ2) is 11.0. The number of hydrogen-bond acceptors (Lipinski definition) is 6. The minimum absolute atomic E-state index is 0.270. The fourth-order valence-electron chi connectivity index (χ4n) is 2.86. The zero-order valence-corrected chi connectivity index (χ0v) is 18.3. The smallest absolute Gasteiger partial charge is 0.329 e. The summed E-state index contributed by atoms with van der Waals surface area (Å²) >= 11 is 5.98. The van der Waals surface area contributed by atoms with Gasteiger partial charge in [0, 0.05) is 17.1 Å². The molecule has 1 heterocycles. The van der Waals surface area contributed by atoms with Crippen molar-refractivity contribution in [3.05, 3.63) is 70.9 Å². The number of carbonyl (C=O) groups excluding carboxylic acids is 2. The Labute approximate surface area is 190 Å². The van der Waals surface area contributed by atoms with Crippen LogP contribution in [0.5, 0.6) is 11.5 Å². The molecule has 2 amide bonds. The summed E-state index contributed by atoms with van der Waals surface area (Å²) in [5, 5.41) is 6.90. The standard InChI is InChI=1S/C23H22ClN3O5/c1-30-20-8-6-15(12-21(20)31-2)10-11-25-22(28)23(29)27-26-14-18-7-9-19(32-18)16-4-3-5-17(24)13-16/h3-9,12-14H,10-11H2,1-2H3,(H,25,28)(H,27,29). The largest absolute Gasteiger partial charge is 0.493 e. The fourth-order valence-corrected chi connectivity index (χ4v) is 3.05. The van der Waals surface area contributed by atoms with Crippen molar-refractivity contribution < 1.29 is 23.5 Å². The summed E-state index contributed by atoms with van der Waals surface area (Å²) in [6, 6.07) is 16.1. The fraction of sp³-hybridized carbons (Fsp3) is 0.174. The Hall–Kier alpha value is -3.78. The molecule has 32 heavy (non-hydrogen) atoms. The Kier molecular flexibility index (Phi) is 7.88. The summed E-state index contributed by atoms with van der Waals surface area (Å²) < 4.78 is 16.1. The zero-order chi connectivity index (χ0) is 22.9. The van der Waals surface area contributed by atoms with E-state index < -0.39 is 11.8 Å². The molecule has 3 rings (SSSR count). The molecule has 9 heteroatoms. The number of hydrazone groups is 1. The highest BCUT2D eigenvalue weighted by Crippen LogP contribution is 2.27. The van der Waals surface area contributed by atoms with Gasteiger partial charge in [0.15, 0.2) is 11.5 Å². The molecule has 0 saturated heterocycles. The molecule has 0 spiro atoms. The zero-order valence-electron chi connectivity index (χ0n) is 17.6. The third-order valence-electron chi connectivity index (χ3n) is 4.45. The van der Waals surface area contributed by atoms with Crippen molar-refractivity contribution in [3.8, 4) is 22.8 Å². The quantitative estimate of drug-likeness (QED) is 0.308. The molecular formula is C23H22ClN3O5. The van der Waals surface area contributed by atoms with Crippen LogP contribution in [0.1, 0.15) is 11.3 Å². The number of rotatable bonds is 8. The Bertz CT molecular complexity index is 1130. The van der Waals surface area contributed by atoms with E-state index in [0.29, 0.717) is 34.5 Å². The first kappa shape index (κ1) is 22.9. The first-order valence-corrected chi connectivity index (χ1v) is 10.1. The van der Waals surface area contributed by atoms with Gasteiger partial charge in [0.05, 0.1) is 20.4 Å². The van der Waals surface area contributed by atoms with Crippen LogP contribution >= 0.6 is 11.6 Å². The van der Waals surface area contributed by atoms with Crippen molar-refractivity contribution >= 4 is 29.6 Å². The lowest BCUT2D eigenvalue weighted by atomic mass is 10.1. The van der Waals surface area contributed by atoms with Crippen molar-refractivity contribution in [1.29, 1.82) is 0 Å². The van der Waals surface area contributed by atoms with E-state index in [2.05, 4.69) is 15.8 Å². The summed E-state index contributed by atoms with van der Waals surface area (Å²) in [5.41, 5.74) is 3.91. The van der Waals surface area contributed by atoms with Crippen LogP contribution in [-0.4, -0.2) is 38.8 Å². The number of halogens is 1. The molecule has 3 aromatic rings. The maximum absolute atomic E-state index is 11.9. The third-order valence-corrected chi connectivity index (χ3v) is 4.68. The van der Waals surface area contributed by atoms with Crippen LogP contribution in [0.3, 0.4) is 0 Å². The number of methoxy groups -OCH3 is 2. The van der Waals surface area contributed by atoms with Gasteiger partial charge in [-0.25, -0.2) is 5.43 Å². The van der Waals surface area contributed by atoms with Crippen molar-refractivity contribution in [2.45, 2.75) is 6.42 Å². The lowest BCUT2D eigenvalue weighted by Gasteiger charge is -2.09. The molecule has 0 saturated carbocycles. The minimum atomic E-state index is -0.879. The summed E-state index contributed by atoms with van der Waals surface area (Å²) in [6.07, 6.45) is 1.82. The molecular weight excluding hydrogens is 434 g/mol. The molecule has 8 nitrogen and oxygen atoms in total. The molecule has 2 aromatic carbocycles. The number of ether oxygens (including phenoxy) is 2. The van der Waals surface area contributed by atoms with E-state index in [4.69, 9.17) is 25.5 Å². The number of hydrogen-bond donors (Lipinski definition) is 2. The van der Waals surface area contributed by atoms with Gasteiger partial charge >= 0.3 is 11.8 Å². The number of benzene rings is 2. The van der Waals surface area contributed by atoms with Crippen LogP contribution in [0.15, 0.2) is 64.1 Å². The Morgan fingerprint density at radius 1 is 1.03 bits per heavy atom. The maximum atomic E-state index is 11.9. The summed E-state index contributed by atoms with van der Waals surface area (Å²) in [4.78, 5) is 23.8. The van der Waals surface area contributed by atoms with E-state index in [0.717, 1.165) is 11.1 Å². The average molecular weight is 456 g/mol. The Morgan fingerprint density at radius 2 is 1.84 bits per heavy atom. The molecule has 2 N–H and O–H groups in total. The molecule has 1 aromatic heterocycles. The first-order chi connectivity index (χ1) is 15.5. The molecule has 0 bridgehead atoms. The number of carbonyl (C=O) groups is 2. The lowest BCUT2D eigenvalue weighted by molar-refractivity contribution is -0.139. The number of nitrogens with one attached hydrogen (secondary N) is 2. The molecule has 0 aliphatic carbocycles. The lowest BCUT2D eigenvalue weighted by Crippen LogP contribution is -2.38. The molecule has 0 atom stereocenters. The molecule has 166 valence electrons. The topological polar surface area (TPSA) is 102 Å². The highest BCUT2D eigenvalue weighted by atomic mass is 35.5. The molecule has 0 fully saturated rings. The third kappa shape index (κ3) is 6.12. The number of amides is 2. The van der Waals surface area contributed by atoms with E-state index in [1.54, 1.807) is 44.6 Å². The highest BCUT2D eigenvalue weighted by molar-refractivity contribution is 6.35. The number of nitrogens with zero attached hydrogens (tertiary/aromatic N) is 1. The highest BCUT2D eigenvalue weighted by Gasteiger charge is 2.12. The second-order valence-corrected chi connectivity index (χ2v) is 7.04. The van der Waals surface area contributed by atoms with Gasteiger partial charge in [0.1, 0.15) is 11.5 Å². The molecule has 0 unspecified atom stereocenters. The molecule has 0 aliphatic rings. The number of furan rings is 1. The Balaban J connectivity index is 1.46. The van der Waals surface area contributed by atoms with Gasteiger partial charge in [-0.1, -0.05) is 29.8 Å². The van der Waals surface area contributed by atoms with Gasteiger partial charge < -0.3 is 19.2 Å². The van der Waals surface area contributed by atoms with Gasteiger partial charge in [-0.2, -0.15) is 5.10 Å². The SMILES string of the molecule is COc1ccc(CCNC(=O)C(=O)NN=Cc2ccc(-c3cccc(Cl)c3)o2)cc1OC. The van der Waals surface area contributed by atoms with Crippen molar-refractivity contribution in [3.63, 3.8) is 0 Å². The predicted octanol–water partition coefficient (Wildman–Crippen LogP) is 3.43. The molecule has 0 radical (unpaired) electrons. The van der Waals surface area contributed by atoms with Gasteiger partial charge in [0.2, 0.25) is 0 Å². The summed E-state index contributed by atoms with van der Waals surface area (Å²) in [7, 11) is 3.11. The minimum Gasteiger partial charge on any atom is -0.493 e. The monoisotopic (exact) mass is 455 g/mol. The van der Waals surface area contributed by atoms with Crippen molar-refractivity contribution in [2.24, 2.45) is 5.10 Å². The van der Waals surface area contributed by atoms with Gasteiger partial charge in [-0.05, 0) is 48.4 Å². The first-order valence-electron chi connectivity index (χ1n) is 9.68. The van der Waals surface area contributed by atoms with Gasteiger partial charge in [-0.3, -0.25) is 9.59 Å². The van der Waals surface area contributed by atoms with E-state index in [9.17, 15) is 9.59 Å². The summed E-state index contributed by atoms with van der Waals surface area (Å²) in [6.45, 7) is 0.270. The normalized spacial score (nSPS) is 10.7. The predicted molar refractivity (Wildman–Crippen MR) is 121 cm³/mol.